The van der Waals surface area contributed by atoms with E-state index in [2.05, 4.69) is 15.4 Å². The summed E-state index contributed by atoms with van der Waals surface area (Å²) in [4.78, 5) is 23.6. The van der Waals surface area contributed by atoms with Gasteiger partial charge in [0.05, 0.1) is 29.9 Å². The second kappa shape index (κ2) is 8.56. The molecule has 35 heavy (non-hydrogen) atoms. The molecule has 1 saturated heterocycles. The monoisotopic (exact) mass is 480 g/mol. The number of benzene rings is 2. The molecular weight excluding hydrogens is 461 g/mol. The van der Waals surface area contributed by atoms with Gasteiger partial charge in [-0.3, -0.25) is 9.80 Å². The first-order valence-electron chi connectivity index (χ1n) is 10.8. The van der Waals surface area contributed by atoms with Gasteiger partial charge in [-0.25, -0.2) is 15.4 Å². The van der Waals surface area contributed by atoms with Crippen molar-refractivity contribution in [1.29, 1.82) is 5.26 Å². The zero-order valence-corrected chi connectivity index (χ0v) is 18.5. The number of nitriles is 1. The Labute approximate surface area is 198 Å². The third kappa shape index (κ3) is 4.24. The van der Waals surface area contributed by atoms with E-state index in [0.717, 1.165) is 17.7 Å². The molecule has 2 aliphatic rings. The number of fused-ring (bicyclic) bond motifs is 2. The fourth-order valence-corrected chi connectivity index (χ4v) is 4.17. The summed E-state index contributed by atoms with van der Waals surface area (Å²) in [5, 5.41) is 10.7. The number of aryl methyl sites for hydroxylation is 1. The van der Waals surface area contributed by atoms with E-state index >= 15 is 0 Å². The Hall–Kier alpha value is -4.17. The number of alkyl halides is 3. The first-order chi connectivity index (χ1) is 16.7. The van der Waals surface area contributed by atoms with Gasteiger partial charge in [-0.1, -0.05) is 0 Å². The van der Waals surface area contributed by atoms with Crippen LogP contribution in [0.2, 0.25) is 0 Å². The molecule has 3 heterocycles. The summed E-state index contributed by atoms with van der Waals surface area (Å²) in [6.45, 7) is 2.58. The molecule has 1 unspecified atom stereocenters. The molecule has 2 aliphatic heterocycles. The van der Waals surface area contributed by atoms with Gasteiger partial charge in [0.1, 0.15) is 18.9 Å². The second-order valence-electron chi connectivity index (χ2n) is 8.18. The standard InChI is InChI=1S/C24H19F3N6O2/c1-14-10-15(22-29-12-16-11-17(24(25,26)27)3-4-18(16)30-22)2-5-19(14)33-8-9-35-20-13-32(7-6-28)31-21(20)23(33)34/h2-5,10-13,21,31H,7-9H2,1H3. The van der Waals surface area contributed by atoms with E-state index in [4.69, 9.17) is 10.00 Å². The second-order valence-corrected chi connectivity index (χ2v) is 8.18. The smallest absolute Gasteiger partial charge is 0.416 e. The molecule has 1 amide bonds. The minimum atomic E-state index is -4.44. The van der Waals surface area contributed by atoms with Gasteiger partial charge in [0.25, 0.3) is 5.91 Å². The molecule has 0 saturated carbocycles. The van der Waals surface area contributed by atoms with Crippen molar-refractivity contribution in [2.75, 3.05) is 24.6 Å². The van der Waals surface area contributed by atoms with Crippen LogP contribution in [-0.4, -0.2) is 46.6 Å². The van der Waals surface area contributed by atoms with E-state index in [0.29, 0.717) is 46.9 Å². The van der Waals surface area contributed by atoms with Gasteiger partial charge < -0.3 is 9.64 Å². The van der Waals surface area contributed by atoms with E-state index < -0.39 is 17.8 Å². The van der Waals surface area contributed by atoms with E-state index in [1.165, 1.54) is 17.3 Å². The highest BCUT2D eigenvalue weighted by molar-refractivity contribution is 6.00. The number of halogens is 3. The number of carbonyl (C=O) groups excluding carboxylic acids is 1. The van der Waals surface area contributed by atoms with Crippen LogP contribution in [-0.2, 0) is 15.7 Å². The summed E-state index contributed by atoms with van der Waals surface area (Å²) >= 11 is 0. The summed E-state index contributed by atoms with van der Waals surface area (Å²) in [7, 11) is 0. The SMILES string of the molecule is Cc1cc(-c2ncc3cc(C(F)(F)F)ccc3n2)ccc1N1CCOC2=CN(CC#N)NC2C1=O. The number of nitrogens with one attached hydrogen (secondary N) is 1. The van der Waals surface area contributed by atoms with Gasteiger partial charge in [0.15, 0.2) is 11.9 Å². The molecule has 1 atom stereocenters. The molecule has 1 N–H and O–H groups in total. The van der Waals surface area contributed by atoms with Gasteiger partial charge in [-0.05, 0) is 48.9 Å². The number of ether oxygens (including phenoxy) is 1. The van der Waals surface area contributed by atoms with Crippen molar-refractivity contribution < 1.29 is 22.7 Å². The summed E-state index contributed by atoms with van der Waals surface area (Å²) in [5.74, 6) is 0.639. The number of hydrogen-bond acceptors (Lipinski definition) is 7. The van der Waals surface area contributed by atoms with E-state index in [-0.39, 0.29) is 12.5 Å². The van der Waals surface area contributed by atoms with Gasteiger partial charge in [-0.2, -0.15) is 18.4 Å². The number of nitrogens with zero attached hydrogens (tertiary/aromatic N) is 5. The number of carbonyl (C=O) groups is 1. The van der Waals surface area contributed by atoms with Crippen LogP contribution in [0, 0.1) is 18.3 Å². The maximum atomic E-state index is 13.3. The maximum Gasteiger partial charge on any atom is 0.416 e. The van der Waals surface area contributed by atoms with Crippen LogP contribution in [0.1, 0.15) is 11.1 Å². The Morgan fingerprint density at radius 2 is 2.09 bits per heavy atom. The number of hydrogen-bond donors (Lipinski definition) is 1. The van der Waals surface area contributed by atoms with Crippen molar-refractivity contribution in [3.05, 3.63) is 65.7 Å². The third-order valence-electron chi connectivity index (χ3n) is 5.85. The number of aromatic nitrogens is 2. The van der Waals surface area contributed by atoms with Gasteiger partial charge >= 0.3 is 6.18 Å². The Morgan fingerprint density at radius 3 is 2.83 bits per heavy atom. The average Bonchev–Trinajstić information content (AvgIpc) is 3.17. The van der Waals surface area contributed by atoms with Crippen LogP contribution in [0.4, 0.5) is 18.9 Å². The average molecular weight is 480 g/mol. The van der Waals surface area contributed by atoms with Crippen LogP contribution in [0.3, 0.4) is 0 Å². The quantitative estimate of drug-likeness (QED) is 0.573. The minimum Gasteiger partial charge on any atom is -0.492 e. The lowest BCUT2D eigenvalue weighted by Crippen LogP contribution is -2.48. The number of rotatable bonds is 3. The van der Waals surface area contributed by atoms with E-state index in [1.54, 1.807) is 23.2 Å². The van der Waals surface area contributed by atoms with Gasteiger partial charge in [0.2, 0.25) is 0 Å². The highest BCUT2D eigenvalue weighted by Gasteiger charge is 2.38. The lowest BCUT2D eigenvalue weighted by atomic mass is 10.1. The lowest BCUT2D eigenvalue weighted by Gasteiger charge is -2.25. The van der Waals surface area contributed by atoms with Crippen LogP contribution in [0.5, 0.6) is 0 Å². The molecule has 1 aromatic heterocycles. The topological polar surface area (TPSA) is 94.4 Å². The molecular formula is C24H19F3N6O2. The minimum absolute atomic E-state index is 0.0770. The molecule has 178 valence electrons. The number of hydrazine groups is 1. The van der Waals surface area contributed by atoms with Crippen molar-refractivity contribution >= 4 is 22.5 Å². The summed E-state index contributed by atoms with van der Waals surface area (Å²) in [6, 6.07) is 10.1. The highest BCUT2D eigenvalue weighted by Crippen LogP contribution is 2.32. The molecule has 0 bridgehead atoms. The zero-order valence-electron chi connectivity index (χ0n) is 18.5. The van der Waals surface area contributed by atoms with Crippen molar-refractivity contribution in [3.63, 3.8) is 0 Å². The van der Waals surface area contributed by atoms with Crippen LogP contribution >= 0.6 is 0 Å². The third-order valence-corrected chi connectivity index (χ3v) is 5.85. The Bertz CT molecular complexity index is 1400. The van der Waals surface area contributed by atoms with Gasteiger partial charge in [-0.15, -0.1) is 0 Å². The highest BCUT2D eigenvalue weighted by atomic mass is 19.4. The molecule has 8 nitrogen and oxygen atoms in total. The molecule has 0 spiro atoms. The Kier molecular flexibility index (Phi) is 5.53. The lowest BCUT2D eigenvalue weighted by molar-refractivity contribution is -0.137. The molecule has 3 aromatic rings. The molecule has 5 rings (SSSR count). The van der Waals surface area contributed by atoms with Crippen LogP contribution in [0.25, 0.3) is 22.3 Å². The molecule has 11 heteroatoms. The predicted molar refractivity (Wildman–Crippen MR) is 120 cm³/mol. The predicted octanol–water partition coefficient (Wildman–Crippen LogP) is 3.54. The van der Waals surface area contributed by atoms with Gasteiger partial charge in [0, 0.05) is 22.8 Å². The van der Waals surface area contributed by atoms with Crippen LogP contribution < -0.4 is 10.3 Å². The Morgan fingerprint density at radius 1 is 1.26 bits per heavy atom. The molecule has 1 fully saturated rings. The zero-order chi connectivity index (χ0) is 24.7. The largest absolute Gasteiger partial charge is 0.492 e. The summed E-state index contributed by atoms with van der Waals surface area (Å²) in [5.41, 5.74) is 4.80. The molecule has 0 radical (unpaired) electrons. The number of anilines is 1. The maximum absolute atomic E-state index is 13.3. The normalized spacial score (nSPS) is 18.1. The van der Waals surface area contributed by atoms with E-state index in [9.17, 15) is 18.0 Å². The van der Waals surface area contributed by atoms with Crippen molar-refractivity contribution in [3.8, 4) is 17.5 Å². The van der Waals surface area contributed by atoms with Crippen molar-refractivity contribution in [2.24, 2.45) is 0 Å². The molecule has 0 aliphatic carbocycles. The molecule has 2 aromatic carbocycles. The fourth-order valence-electron chi connectivity index (χ4n) is 4.17. The van der Waals surface area contributed by atoms with Crippen LogP contribution in [0.15, 0.2) is 54.6 Å². The Balaban J connectivity index is 1.42. The number of amides is 1. The van der Waals surface area contributed by atoms with Crippen molar-refractivity contribution in [2.45, 2.75) is 19.1 Å². The first-order valence-corrected chi connectivity index (χ1v) is 10.8. The van der Waals surface area contributed by atoms with E-state index in [1.807, 2.05) is 19.1 Å². The van der Waals surface area contributed by atoms with Crippen molar-refractivity contribution in [1.82, 2.24) is 20.4 Å². The first kappa shape index (κ1) is 22.6. The summed E-state index contributed by atoms with van der Waals surface area (Å²) < 4.78 is 44.6. The fraction of sp³-hybridized carbons (Fsp3) is 0.250. The summed E-state index contributed by atoms with van der Waals surface area (Å²) in [6.07, 6.45) is -1.44.